The Morgan fingerprint density at radius 2 is 1.67 bits per heavy atom. The van der Waals surface area contributed by atoms with E-state index in [0.717, 1.165) is 28.9 Å². The molecule has 0 saturated carbocycles. The minimum atomic E-state index is -0.361. The van der Waals surface area contributed by atoms with Crippen LogP contribution >= 0.6 is 12.2 Å². The van der Waals surface area contributed by atoms with Crippen molar-refractivity contribution in [2.75, 3.05) is 19.5 Å². The Kier molecular flexibility index (Phi) is 7.80. The second-order valence-corrected chi connectivity index (χ2v) is 8.80. The molecular weight excluding hydrogens is 474 g/mol. The number of hydrogen-bond donors (Lipinski definition) is 2. The summed E-state index contributed by atoms with van der Waals surface area (Å²) in [5.74, 6) is 0.642. The largest absolute Gasteiger partial charge is 0.493 e. The van der Waals surface area contributed by atoms with Crippen LogP contribution in [-0.2, 0) is 6.42 Å². The van der Waals surface area contributed by atoms with E-state index in [9.17, 15) is 4.79 Å². The molecule has 1 aromatic heterocycles. The molecule has 4 aromatic rings. The number of thiocarbonyl (C=S) groups is 1. The van der Waals surface area contributed by atoms with E-state index in [4.69, 9.17) is 21.7 Å². The van der Waals surface area contributed by atoms with Gasteiger partial charge in [0.2, 0.25) is 0 Å². The molecule has 0 aliphatic rings. The average Bonchev–Trinajstić information content (AvgIpc) is 3.30. The topological polar surface area (TPSA) is 90.3 Å². The van der Waals surface area contributed by atoms with Crippen LogP contribution in [0.4, 0.5) is 5.69 Å². The van der Waals surface area contributed by atoms with Crippen LogP contribution in [0, 0.1) is 6.92 Å². The van der Waals surface area contributed by atoms with Crippen molar-refractivity contribution >= 4 is 40.0 Å². The molecule has 8 nitrogen and oxygen atoms in total. The molecule has 4 rings (SSSR count). The predicted octanol–water partition coefficient (Wildman–Crippen LogP) is 5.22. The normalized spacial score (nSPS) is 10.8. The number of methoxy groups -OCH3 is 2. The molecule has 2 N–H and O–H groups in total. The molecular formula is C27H29N5O3S. The number of benzene rings is 3. The molecule has 1 heterocycles. The summed E-state index contributed by atoms with van der Waals surface area (Å²) in [4.78, 5) is 14.3. The molecule has 36 heavy (non-hydrogen) atoms. The first-order valence-corrected chi connectivity index (χ1v) is 12.1. The van der Waals surface area contributed by atoms with Crippen LogP contribution in [0.5, 0.6) is 11.5 Å². The average molecular weight is 504 g/mol. The number of anilines is 1. The third kappa shape index (κ3) is 5.63. The van der Waals surface area contributed by atoms with Crippen molar-refractivity contribution < 1.29 is 14.3 Å². The monoisotopic (exact) mass is 503 g/mol. The molecule has 0 saturated heterocycles. The third-order valence-electron chi connectivity index (χ3n) is 5.83. The van der Waals surface area contributed by atoms with Gasteiger partial charge in [0.15, 0.2) is 16.6 Å². The number of carbonyl (C=O) groups is 1. The highest BCUT2D eigenvalue weighted by atomic mass is 32.1. The predicted molar refractivity (Wildman–Crippen MR) is 145 cm³/mol. The van der Waals surface area contributed by atoms with E-state index in [2.05, 4.69) is 39.9 Å². The van der Waals surface area contributed by atoms with Crippen LogP contribution in [0.3, 0.4) is 0 Å². The molecule has 0 radical (unpaired) electrons. The molecule has 0 spiro atoms. The quantitative estimate of drug-likeness (QED) is 0.319. The molecule has 3 aromatic carbocycles. The van der Waals surface area contributed by atoms with E-state index >= 15 is 0 Å². The number of carbonyl (C=O) groups excluding carboxylic acids is 1. The number of amides is 1. The summed E-state index contributed by atoms with van der Waals surface area (Å²) in [5.41, 5.74) is 5.75. The van der Waals surface area contributed by atoms with E-state index < -0.39 is 0 Å². The fraction of sp³-hybridized carbons (Fsp3) is 0.259. The summed E-state index contributed by atoms with van der Waals surface area (Å²) >= 11 is 5.39. The molecule has 0 fully saturated rings. The molecule has 0 unspecified atom stereocenters. The second-order valence-electron chi connectivity index (χ2n) is 8.39. The van der Waals surface area contributed by atoms with Gasteiger partial charge in [-0.1, -0.05) is 25.5 Å². The second kappa shape index (κ2) is 11.2. The highest BCUT2D eigenvalue weighted by molar-refractivity contribution is 7.80. The van der Waals surface area contributed by atoms with Crippen LogP contribution in [0.15, 0.2) is 54.6 Å². The lowest BCUT2D eigenvalue weighted by Crippen LogP contribution is -2.34. The first kappa shape index (κ1) is 25.1. The number of nitrogens with zero attached hydrogens (tertiary/aromatic N) is 3. The zero-order valence-corrected chi connectivity index (χ0v) is 21.6. The number of aryl methyl sites for hydroxylation is 2. The van der Waals surface area contributed by atoms with Crippen LogP contribution < -0.4 is 20.1 Å². The van der Waals surface area contributed by atoms with Crippen molar-refractivity contribution in [2.24, 2.45) is 0 Å². The summed E-state index contributed by atoms with van der Waals surface area (Å²) in [6.07, 6.45) is 3.42. The summed E-state index contributed by atoms with van der Waals surface area (Å²) < 4.78 is 10.5. The summed E-state index contributed by atoms with van der Waals surface area (Å²) in [6.45, 7) is 4.14. The maximum atomic E-state index is 12.7. The van der Waals surface area contributed by atoms with Gasteiger partial charge in [-0.05, 0) is 85.6 Å². The molecule has 1 amide bonds. The van der Waals surface area contributed by atoms with Gasteiger partial charge in [-0.2, -0.15) is 4.80 Å². The number of fused-ring (bicyclic) bond motifs is 1. The SMILES string of the molecule is CCCCc1ccc(-n2nc3cc(C)c(NC(=S)NC(=O)c4ccc(OC)c(OC)c4)cc3n2)cc1. The minimum absolute atomic E-state index is 0.173. The number of rotatable bonds is 8. The number of ether oxygens (including phenoxy) is 2. The van der Waals surface area contributed by atoms with Crippen LogP contribution in [0.1, 0.15) is 41.3 Å². The van der Waals surface area contributed by atoms with Crippen LogP contribution in [0.25, 0.3) is 16.7 Å². The Labute approximate surface area is 215 Å². The van der Waals surface area contributed by atoms with Gasteiger partial charge < -0.3 is 14.8 Å². The number of hydrogen-bond acceptors (Lipinski definition) is 6. The van der Waals surface area contributed by atoms with Crippen molar-refractivity contribution in [3.05, 3.63) is 71.3 Å². The Morgan fingerprint density at radius 3 is 2.33 bits per heavy atom. The lowest BCUT2D eigenvalue weighted by atomic mass is 10.1. The zero-order valence-electron chi connectivity index (χ0n) is 20.8. The standard InChI is InChI=1S/C27H29N5O3S/c1-5-6-7-18-8-11-20(12-9-18)32-30-22-14-17(2)21(16-23(22)31-32)28-27(36)29-26(33)19-10-13-24(34-3)25(15-19)35-4/h8-16H,5-7H2,1-4H3,(H2,28,29,33,36). The van der Waals surface area contributed by atoms with Gasteiger partial charge in [0.1, 0.15) is 11.0 Å². The number of nitrogens with one attached hydrogen (secondary N) is 2. The first-order chi connectivity index (χ1) is 17.4. The summed E-state index contributed by atoms with van der Waals surface area (Å²) in [6, 6.07) is 17.0. The Bertz CT molecular complexity index is 1400. The van der Waals surface area contributed by atoms with Crippen molar-refractivity contribution in [1.29, 1.82) is 0 Å². The van der Waals surface area contributed by atoms with Crippen molar-refractivity contribution in [2.45, 2.75) is 33.1 Å². The Balaban J connectivity index is 1.47. The molecule has 0 bridgehead atoms. The number of unbranched alkanes of at least 4 members (excludes halogenated alkanes) is 1. The van der Waals surface area contributed by atoms with Gasteiger partial charge in [0, 0.05) is 11.3 Å². The molecule has 0 atom stereocenters. The highest BCUT2D eigenvalue weighted by Gasteiger charge is 2.14. The maximum absolute atomic E-state index is 12.7. The summed E-state index contributed by atoms with van der Waals surface area (Å²) in [5, 5.41) is 15.2. The first-order valence-electron chi connectivity index (χ1n) is 11.7. The molecule has 9 heteroatoms. The minimum Gasteiger partial charge on any atom is -0.493 e. The third-order valence-corrected chi connectivity index (χ3v) is 6.04. The van der Waals surface area contributed by atoms with E-state index in [1.54, 1.807) is 30.1 Å². The van der Waals surface area contributed by atoms with Crippen LogP contribution in [0.2, 0.25) is 0 Å². The van der Waals surface area contributed by atoms with E-state index in [1.165, 1.54) is 25.5 Å². The van der Waals surface area contributed by atoms with E-state index in [1.807, 2.05) is 31.2 Å². The lowest BCUT2D eigenvalue weighted by molar-refractivity contribution is 0.0977. The molecule has 186 valence electrons. The number of aromatic nitrogens is 3. The fourth-order valence-electron chi connectivity index (χ4n) is 3.80. The summed E-state index contributed by atoms with van der Waals surface area (Å²) in [7, 11) is 3.06. The smallest absolute Gasteiger partial charge is 0.257 e. The lowest BCUT2D eigenvalue weighted by Gasteiger charge is -2.13. The molecule has 0 aliphatic heterocycles. The van der Waals surface area contributed by atoms with Crippen molar-refractivity contribution in [3.8, 4) is 17.2 Å². The van der Waals surface area contributed by atoms with Gasteiger partial charge in [-0.25, -0.2) is 0 Å². The van der Waals surface area contributed by atoms with Crippen LogP contribution in [-0.4, -0.2) is 40.2 Å². The molecule has 0 aliphatic carbocycles. The van der Waals surface area contributed by atoms with E-state index in [0.29, 0.717) is 22.6 Å². The van der Waals surface area contributed by atoms with E-state index in [-0.39, 0.29) is 11.0 Å². The zero-order chi connectivity index (χ0) is 25.7. The van der Waals surface area contributed by atoms with Crippen molar-refractivity contribution in [3.63, 3.8) is 0 Å². The van der Waals surface area contributed by atoms with Gasteiger partial charge in [-0.15, -0.1) is 10.2 Å². The Morgan fingerprint density at radius 1 is 0.972 bits per heavy atom. The van der Waals surface area contributed by atoms with Crippen molar-refractivity contribution in [1.82, 2.24) is 20.3 Å². The van der Waals surface area contributed by atoms with Gasteiger partial charge in [0.25, 0.3) is 5.91 Å². The van der Waals surface area contributed by atoms with Gasteiger partial charge in [-0.3, -0.25) is 10.1 Å². The highest BCUT2D eigenvalue weighted by Crippen LogP contribution is 2.27. The fourth-order valence-corrected chi connectivity index (χ4v) is 4.00. The van der Waals surface area contributed by atoms with Gasteiger partial charge in [0.05, 0.1) is 19.9 Å². The maximum Gasteiger partial charge on any atom is 0.257 e. The van der Waals surface area contributed by atoms with Gasteiger partial charge >= 0.3 is 0 Å². The Hall–Kier alpha value is -3.98.